The number of benzene rings is 2. The lowest BCUT2D eigenvalue weighted by molar-refractivity contribution is -0.117. The molecule has 2 rings (SSSR count). The van der Waals surface area contributed by atoms with Crippen molar-refractivity contribution in [2.75, 3.05) is 17.7 Å². The monoisotopic (exact) mass is 332 g/mol. The second-order valence-corrected chi connectivity index (χ2v) is 5.73. The molecule has 104 valence electrons. The molecular weight excluding hydrogens is 316 g/mol. The second-order valence-electron chi connectivity index (χ2n) is 4.82. The van der Waals surface area contributed by atoms with Crippen molar-refractivity contribution in [1.82, 2.24) is 0 Å². The van der Waals surface area contributed by atoms with Gasteiger partial charge in [-0.05, 0) is 30.7 Å². The Morgan fingerprint density at radius 3 is 2.45 bits per heavy atom. The Hall–Kier alpha value is -1.81. The van der Waals surface area contributed by atoms with Gasteiger partial charge in [0.1, 0.15) is 0 Å². The van der Waals surface area contributed by atoms with Crippen molar-refractivity contribution in [2.24, 2.45) is 0 Å². The zero-order chi connectivity index (χ0) is 14.7. The molecule has 0 aliphatic rings. The number of nitrogens with two attached hydrogens (primary N) is 1. The summed E-state index contributed by atoms with van der Waals surface area (Å²) < 4.78 is 0.901. The van der Waals surface area contributed by atoms with Crippen LogP contribution in [0.1, 0.15) is 11.1 Å². The summed E-state index contributed by atoms with van der Waals surface area (Å²) in [5, 5.41) is 0. The number of aryl methyl sites for hydroxylation is 1. The predicted molar refractivity (Wildman–Crippen MR) is 86.8 cm³/mol. The van der Waals surface area contributed by atoms with Crippen molar-refractivity contribution >= 4 is 33.2 Å². The summed E-state index contributed by atoms with van der Waals surface area (Å²) in [6.45, 7) is 2.03. The maximum absolute atomic E-state index is 12.3. The van der Waals surface area contributed by atoms with E-state index in [9.17, 15) is 4.79 Å². The van der Waals surface area contributed by atoms with Crippen LogP contribution in [-0.2, 0) is 11.2 Å². The summed E-state index contributed by atoms with van der Waals surface area (Å²) in [5.41, 5.74) is 9.45. The van der Waals surface area contributed by atoms with Crippen molar-refractivity contribution in [3.05, 3.63) is 58.1 Å². The first-order chi connectivity index (χ1) is 9.47. The molecule has 1 amide bonds. The molecular formula is C16H17BrN2O. The van der Waals surface area contributed by atoms with Gasteiger partial charge in [0.25, 0.3) is 0 Å². The van der Waals surface area contributed by atoms with Crippen LogP contribution in [0, 0.1) is 6.92 Å². The number of nitrogen functional groups attached to an aromatic ring is 1. The van der Waals surface area contributed by atoms with E-state index in [0.29, 0.717) is 12.1 Å². The number of hydrogen-bond acceptors (Lipinski definition) is 2. The van der Waals surface area contributed by atoms with Crippen LogP contribution in [0.3, 0.4) is 0 Å². The Morgan fingerprint density at radius 1 is 1.20 bits per heavy atom. The van der Waals surface area contributed by atoms with Gasteiger partial charge in [0, 0.05) is 11.5 Å². The largest absolute Gasteiger partial charge is 0.397 e. The predicted octanol–water partition coefficient (Wildman–Crippen LogP) is 3.55. The summed E-state index contributed by atoms with van der Waals surface area (Å²) in [6, 6.07) is 13.5. The minimum Gasteiger partial charge on any atom is -0.397 e. The van der Waals surface area contributed by atoms with E-state index in [1.165, 1.54) is 5.56 Å². The highest BCUT2D eigenvalue weighted by atomic mass is 79.9. The van der Waals surface area contributed by atoms with Gasteiger partial charge in [0.2, 0.25) is 5.91 Å². The average Bonchev–Trinajstić information content (AvgIpc) is 2.40. The van der Waals surface area contributed by atoms with Gasteiger partial charge in [-0.25, -0.2) is 0 Å². The standard InChI is InChI=1S/C16H17BrN2O/c1-11-3-5-12(6-4-11)9-16(20)19(2)15-8-7-13(17)10-14(15)18/h3-8,10H,9,18H2,1-2H3. The highest BCUT2D eigenvalue weighted by molar-refractivity contribution is 9.10. The number of carbonyl (C=O) groups excluding carboxylic acids is 1. The fourth-order valence-electron chi connectivity index (χ4n) is 1.96. The molecule has 2 aromatic carbocycles. The lowest BCUT2D eigenvalue weighted by Crippen LogP contribution is -2.28. The van der Waals surface area contributed by atoms with Gasteiger partial charge >= 0.3 is 0 Å². The number of halogens is 1. The van der Waals surface area contributed by atoms with Crippen LogP contribution in [-0.4, -0.2) is 13.0 Å². The van der Waals surface area contributed by atoms with Gasteiger partial charge in [-0.1, -0.05) is 45.8 Å². The van der Waals surface area contributed by atoms with Gasteiger partial charge < -0.3 is 10.6 Å². The molecule has 0 saturated carbocycles. The Morgan fingerprint density at radius 2 is 1.85 bits per heavy atom. The molecule has 4 heteroatoms. The molecule has 2 aromatic rings. The molecule has 20 heavy (non-hydrogen) atoms. The summed E-state index contributed by atoms with van der Waals surface area (Å²) in [7, 11) is 1.75. The van der Waals surface area contributed by atoms with E-state index in [1.807, 2.05) is 43.3 Å². The molecule has 0 radical (unpaired) electrons. The van der Waals surface area contributed by atoms with Crippen LogP contribution >= 0.6 is 15.9 Å². The molecule has 0 aromatic heterocycles. The Bertz CT molecular complexity index is 623. The number of rotatable bonds is 3. The fraction of sp³-hybridized carbons (Fsp3) is 0.188. The van der Waals surface area contributed by atoms with Gasteiger partial charge in [-0.15, -0.1) is 0 Å². The van der Waals surface area contributed by atoms with Crippen molar-refractivity contribution < 1.29 is 4.79 Å². The van der Waals surface area contributed by atoms with E-state index >= 15 is 0 Å². The minimum absolute atomic E-state index is 0.0166. The van der Waals surface area contributed by atoms with Gasteiger partial charge in [0.05, 0.1) is 17.8 Å². The third kappa shape index (κ3) is 3.39. The number of carbonyl (C=O) groups is 1. The van der Waals surface area contributed by atoms with E-state index in [-0.39, 0.29) is 5.91 Å². The van der Waals surface area contributed by atoms with Crippen LogP contribution in [0.2, 0.25) is 0 Å². The third-order valence-corrected chi connectivity index (χ3v) is 3.69. The number of anilines is 2. The molecule has 0 spiro atoms. The summed E-state index contributed by atoms with van der Waals surface area (Å²) >= 11 is 3.36. The zero-order valence-electron chi connectivity index (χ0n) is 11.6. The van der Waals surface area contributed by atoms with Gasteiger partial charge in [0.15, 0.2) is 0 Å². The van der Waals surface area contributed by atoms with Crippen LogP contribution in [0.4, 0.5) is 11.4 Å². The molecule has 0 unspecified atom stereocenters. The lowest BCUT2D eigenvalue weighted by atomic mass is 10.1. The van der Waals surface area contributed by atoms with Crippen molar-refractivity contribution in [2.45, 2.75) is 13.3 Å². The zero-order valence-corrected chi connectivity index (χ0v) is 13.1. The lowest BCUT2D eigenvalue weighted by Gasteiger charge is -2.19. The molecule has 0 aliphatic heterocycles. The quantitative estimate of drug-likeness (QED) is 0.873. The van der Waals surface area contributed by atoms with Crippen LogP contribution in [0.5, 0.6) is 0 Å². The maximum Gasteiger partial charge on any atom is 0.231 e. The minimum atomic E-state index is 0.0166. The number of likely N-dealkylation sites (N-methyl/N-ethyl adjacent to an activating group) is 1. The smallest absolute Gasteiger partial charge is 0.231 e. The third-order valence-electron chi connectivity index (χ3n) is 3.20. The van der Waals surface area contributed by atoms with Crippen LogP contribution in [0.25, 0.3) is 0 Å². The van der Waals surface area contributed by atoms with Crippen molar-refractivity contribution in [1.29, 1.82) is 0 Å². The van der Waals surface area contributed by atoms with E-state index in [0.717, 1.165) is 15.7 Å². The van der Waals surface area contributed by atoms with Crippen molar-refractivity contribution in [3.8, 4) is 0 Å². The summed E-state index contributed by atoms with van der Waals surface area (Å²) in [4.78, 5) is 13.9. The summed E-state index contributed by atoms with van der Waals surface area (Å²) in [5.74, 6) is 0.0166. The molecule has 0 atom stereocenters. The Kier molecular flexibility index (Phi) is 4.45. The molecule has 0 heterocycles. The normalized spacial score (nSPS) is 10.3. The average molecular weight is 333 g/mol. The first-order valence-electron chi connectivity index (χ1n) is 6.34. The molecule has 3 nitrogen and oxygen atoms in total. The number of amides is 1. The maximum atomic E-state index is 12.3. The molecule has 0 fully saturated rings. The van der Waals surface area contributed by atoms with E-state index in [2.05, 4.69) is 15.9 Å². The molecule has 0 saturated heterocycles. The van der Waals surface area contributed by atoms with Crippen LogP contribution < -0.4 is 10.6 Å². The first kappa shape index (κ1) is 14.6. The van der Waals surface area contributed by atoms with Crippen LogP contribution in [0.15, 0.2) is 46.9 Å². The first-order valence-corrected chi connectivity index (χ1v) is 7.14. The molecule has 2 N–H and O–H groups in total. The fourth-order valence-corrected chi connectivity index (χ4v) is 2.34. The van der Waals surface area contributed by atoms with E-state index in [4.69, 9.17) is 5.73 Å². The van der Waals surface area contributed by atoms with Gasteiger partial charge in [-0.2, -0.15) is 0 Å². The SMILES string of the molecule is Cc1ccc(CC(=O)N(C)c2ccc(Br)cc2N)cc1. The molecule has 0 aliphatic carbocycles. The highest BCUT2D eigenvalue weighted by Gasteiger charge is 2.14. The Balaban J connectivity index is 2.14. The second kappa shape index (κ2) is 6.09. The van der Waals surface area contributed by atoms with Crippen molar-refractivity contribution in [3.63, 3.8) is 0 Å². The topological polar surface area (TPSA) is 46.3 Å². The molecule has 0 bridgehead atoms. The number of hydrogen-bond donors (Lipinski definition) is 1. The number of nitrogens with zero attached hydrogens (tertiary/aromatic N) is 1. The summed E-state index contributed by atoms with van der Waals surface area (Å²) in [6.07, 6.45) is 0.367. The van der Waals surface area contributed by atoms with Gasteiger partial charge in [-0.3, -0.25) is 4.79 Å². The Labute approximate surface area is 127 Å². The highest BCUT2D eigenvalue weighted by Crippen LogP contribution is 2.26. The van der Waals surface area contributed by atoms with E-state index in [1.54, 1.807) is 18.0 Å². The van der Waals surface area contributed by atoms with E-state index < -0.39 is 0 Å².